The molecule has 25 heavy (non-hydrogen) atoms. The first-order valence-electron chi connectivity index (χ1n) is 7.95. The number of rotatable bonds is 5. The lowest BCUT2D eigenvalue weighted by Gasteiger charge is -2.13. The first-order valence-corrected chi connectivity index (χ1v) is 7.95. The van der Waals surface area contributed by atoms with E-state index in [1.807, 2.05) is 36.4 Å². The van der Waals surface area contributed by atoms with Crippen LogP contribution in [0.25, 0.3) is 16.4 Å². The first kappa shape index (κ1) is 16.4. The summed E-state index contributed by atoms with van der Waals surface area (Å²) in [6.45, 7) is 11.2. The van der Waals surface area contributed by atoms with Crippen molar-refractivity contribution < 1.29 is 0 Å². The normalized spacial score (nSPS) is 10.3. The molecule has 0 saturated carbocycles. The molecule has 0 saturated heterocycles. The Morgan fingerprint density at radius 1 is 1.00 bits per heavy atom. The Balaban J connectivity index is 1.98. The van der Waals surface area contributed by atoms with Gasteiger partial charge in [0, 0.05) is 24.0 Å². The van der Waals surface area contributed by atoms with E-state index in [1.165, 1.54) is 0 Å². The van der Waals surface area contributed by atoms with Gasteiger partial charge < -0.3 is 10.6 Å². The highest BCUT2D eigenvalue weighted by Crippen LogP contribution is 2.24. The Morgan fingerprint density at radius 2 is 1.84 bits per heavy atom. The van der Waals surface area contributed by atoms with Gasteiger partial charge in [-0.1, -0.05) is 18.2 Å². The third-order valence-corrected chi connectivity index (χ3v) is 3.30. The summed E-state index contributed by atoms with van der Waals surface area (Å²) >= 11 is 0. The second-order valence-electron chi connectivity index (χ2n) is 5.76. The molecular weight excluding hydrogens is 312 g/mol. The molecule has 3 rings (SSSR count). The van der Waals surface area contributed by atoms with Crippen molar-refractivity contribution in [3.8, 4) is 11.5 Å². The number of nitrogens with one attached hydrogen (secondary N) is 2. The Kier molecular flexibility index (Phi) is 4.86. The zero-order chi connectivity index (χ0) is 17.6. The van der Waals surface area contributed by atoms with Gasteiger partial charge in [0.25, 0.3) is 0 Å². The van der Waals surface area contributed by atoms with Crippen molar-refractivity contribution in [1.29, 1.82) is 0 Å². The van der Waals surface area contributed by atoms with Gasteiger partial charge in [-0.05, 0) is 38.1 Å². The molecule has 1 aromatic carbocycles. The van der Waals surface area contributed by atoms with E-state index in [0.29, 0.717) is 23.0 Å². The number of benzene rings is 1. The van der Waals surface area contributed by atoms with Crippen molar-refractivity contribution in [3.05, 3.63) is 66.1 Å². The highest BCUT2D eigenvalue weighted by molar-refractivity contribution is 5.66. The zero-order valence-corrected chi connectivity index (χ0v) is 14.1. The number of aromatic nitrogens is 3. The fourth-order valence-corrected chi connectivity index (χ4v) is 2.29. The van der Waals surface area contributed by atoms with Crippen molar-refractivity contribution in [3.63, 3.8) is 0 Å². The maximum Gasteiger partial charge on any atom is 0.189 e. The average molecular weight is 330 g/mol. The SMILES string of the molecule is [C-]#[N+]c1cccc(Nc2cc(NC(C)C)nc(-c3ccccn3)n2)c1. The molecule has 2 N–H and O–H groups in total. The van der Waals surface area contributed by atoms with Crippen LogP contribution in [0, 0.1) is 6.57 Å². The minimum absolute atomic E-state index is 0.241. The van der Waals surface area contributed by atoms with Crippen LogP contribution < -0.4 is 10.6 Å². The van der Waals surface area contributed by atoms with Crippen LogP contribution in [-0.2, 0) is 0 Å². The molecule has 0 amide bonds. The highest BCUT2D eigenvalue weighted by Gasteiger charge is 2.09. The van der Waals surface area contributed by atoms with Crippen LogP contribution in [0.4, 0.5) is 23.0 Å². The van der Waals surface area contributed by atoms with E-state index in [4.69, 9.17) is 6.57 Å². The largest absolute Gasteiger partial charge is 0.368 e. The van der Waals surface area contributed by atoms with Crippen molar-refractivity contribution in [1.82, 2.24) is 15.0 Å². The molecule has 6 heteroatoms. The Labute approximate surface area is 146 Å². The Morgan fingerprint density at radius 3 is 2.56 bits per heavy atom. The Bertz CT molecular complexity index is 899. The van der Waals surface area contributed by atoms with Crippen LogP contribution in [0.5, 0.6) is 0 Å². The third-order valence-electron chi connectivity index (χ3n) is 3.30. The number of hydrogen-bond acceptors (Lipinski definition) is 5. The van der Waals surface area contributed by atoms with Gasteiger partial charge in [0.05, 0.1) is 6.57 Å². The maximum atomic E-state index is 7.13. The number of hydrogen-bond donors (Lipinski definition) is 2. The van der Waals surface area contributed by atoms with E-state index in [-0.39, 0.29) is 6.04 Å². The number of nitrogens with zero attached hydrogens (tertiary/aromatic N) is 4. The highest BCUT2D eigenvalue weighted by atomic mass is 15.1. The minimum Gasteiger partial charge on any atom is -0.368 e. The van der Waals surface area contributed by atoms with Crippen molar-refractivity contribution in [2.24, 2.45) is 0 Å². The molecule has 2 aromatic heterocycles. The van der Waals surface area contributed by atoms with Crippen LogP contribution >= 0.6 is 0 Å². The van der Waals surface area contributed by atoms with Crippen LogP contribution in [-0.4, -0.2) is 21.0 Å². The van der Waals surface area contributed by atoms with Crippen molar-refractivity contribution >= 4 is 23.0 Å². The summed E-state index contributed by atoms with van der Waals surface area (Å²) in [5.74, 6) is 1.89. The topological polar surface area (TPSA) is 67.1 Å². The van der Waals surface area contributed by atoms with Gasteiger partial charge in [0.2, 0.25) is 0 Å². The van der Waals surface area contributed by atoms with Gasteiger partial charge in [-0.3, -0.25) is 4.98 Å². The summed E-state index contributed by atoms with van der Waals surface area (Å²) < 4.78 is 0. The predicted octanol–water partition coefficient (Wildman–Crippen LogP) is 4.65. The predicted molar refractivity (Wildman–Crippen MR) is 100 cm³/mol. The lowest BCUT2D eigenvalue weighted by atomic mass is 10.2. The molecule has 0 atom stereocenters. The number of pyridine rings is 1. The second kappa shape index (κ2) is 7.41. The van der Waals surface area contributed by atoms with Crippen LogP contribution in [0.3, 0.4) is 0 Å². The van der Waals surface area contributed by atoms with Gasteiger partial charge in [-0.2, -0.15) is 0 Å². The fourth-order valence-electron chi connectivity index (χ4n) is 2.29. The van der Waals surface area contributed by atoms with E-state index in [2.05, 4.69) is 44.3 Å². The smallest absolute Gasteiger partial charge is 0.189 e. The summed E-state index contributed by atoms with van der Waals surface area (Å²) in [7, 11) is 0. The molecule has 0 radical (unpaired) electrons. The van der Waals surface area contributed by atoms with Crippen LogP contribution in [0.1, 0.15) is 13.8 Å². The maximum absolute atomic E-state index is 7.13. The molecule has 2 heterocycles. The average Bonchev–Trinajstić information content (AvgIpc) is 2.62. The fraction of sp³-hybridized carbons (Fsp3) is 0.158. The van der Waals surface area contributed by atoms with Crippen molar-refractivity contribution in [2.45, 2.75) is 19.9 Å². The summed E-state index contributed by atoms with van der Waals surface area (Å²) in [4.78, 5) is 16.9. The van der Waals surface area contributed by atoms with E-state index < -0.39 is 0 Å². The Hall–Kier alpha value is -3.46. The third kappa shape index (κ3) is 4.30. The summed E-state index contributed by atoms with van der Waals surface area (Å²) in [6.07, 6.45) is 1.72. The van der Waals surface area contributed by atoms with Gasteiger partial charge in [-0.15, -0.1) is 0 Å². The second-order valence-corrected chi connectivity index (χ2v) is 5.76. The molecule has 0 unspecified atom stereocenters. The molecule has 0 aliphatic carbocycles. The molecule has 124 valence electrons. The van der Waals surface area contributed by atoms with Gasteiger partial charge in [-0.25, -0.2) is 14.8 Å². The van der Waals surface area contributed by atoms with Crippen LogP contribution in [0.2, 0.25) is 0 Å². The first-order chi connectivity index (χ1) is 12.1. The molecule has 0 aliphatic heterocycles. The monoisotopic (exact) mass is 330 g/mol. The van der Waals surface area contributed by atoms with Gasteiger partial charge in [0.15, 0.2) is 11.5 Å². The molecule has 0 bridgehead atoms. The number of anilines is 3. The minimum atomic E-state index is 0.241. The zero-order valence-electron chi connectivity index (χ0n) is 14.1. The van der Waals surface area contributed by atoms with E-state index in [9.17, 15) is 0 Å². The summed E-state index contributed by atoms with van der Waals surface area (Å²) in [5, 5.41) is 6.54. The molecule has 6 nitrogen and oxygen atoms in total. The molecule has 3 aromatic rings. The lowest BCUT2D eigenvalue weighted by molar-refractivity contribution is 0.887. The van der Waals surface area contributed by atoms with E-state index in [0.717, 1.165) is 11.5 Å². The van der Waals surface area contributed by atoms with Gasteiger partial charge >= 0.3 is 0 Å². The van der Waals surface area contributed by atoms with Crippen LogP contribution in [0.15, 0.2) is 54.7 Å². The molecule has 0 fully saturated rings. The summed E-state index contributed by atoms with van der Waals surface area (Å²) in [5.41, 5.74) is 2.08. The molecule has 0 aliphatic rings. The lowest BCUT2D eigenvalue weighted by Crippen LogP contribution is -2.12. The van der Waals surface area contributed by atoms with E-state index >= 15 is 0 Å². The van der Waals surface area contributed by atoms with Gasteiger partial charge in [0.1, 0.15) is 17.3 Å². The standard InChI is InChI=1S/C19H18N6/c1-13(2)22-17-12-18(23-15-8-6-7-14(11-15)20-3)25-19(24-17)16-9-4-5-10-21-16/h4-13H,1-2H3,(H2,22,23,24,25). The molecular formula is C19H18N6. The quantitative estimate of drug-likeness (QED) is 0.666. The molecule has 0 spiro atoms. The van der Waals surface area contributed by atoms with E-state index in [1.54, 1.807) is 18.3 Å². The van der Waals surface area contributed by atoms with Crippen molar-refractivity contribution in [2.75, 3.05) is 10.6 Å². The summed E-state index contributed by atoms with van der Waals surface area (Å²) in [6, 6.07) is 15.0.